The Morgan fingerprint density at radius 3 is 2.34 bits per heavy atom. The van der Waals surface area contributed by atoms with Gasteiger partial charge < -0.3 is 19.5 Å². The number of hydrogen-bond acceptors (Lipinski definition) is 4. The Hall–Kier alpha value is -3.87. The van der Waals surface area contributed by atoms with Crippen LogP contribution in [0.3, 0.4) is 0 Å². The van der Waals surface area contributed by atoms with Gasteiger partial charge in [-0.3, -0.25) is 9.59 Å². The van der Waals surface area contributed by atoms with Crippen LogP contribution >= 0.6 is 0 Å². The van der Waals surface area contributed by atoms with Crippen molar-refractivity contribution in [2.75, 3.05) is 13.1 Å². The number of aromatic nitrogens is 1. The Balaban J connectivity index is 1.31. The highest BCUT2D eigenvalue weighted by atomic mass is 16.5. The number of benzene rings is 2. The van der Waals surface area contributed by atoms with Gasteiger partial charge in [0, 0.05) is 43.7 Å². The number of likely N-dealkylation sites (tertiary alicyclic amines) is 1. The molecule has 2 bridgehead atoms. The molecule has 1 saturated heterocycles. The standard InChI is InChI=1S/C28H29N3O4/c32-26-13-7-12-25-23-14-22(17-31(25)26)16-30(18-23)27(33)24(15-20-8-3-1-4-9-20)29-28(34)35-19-21-10-5-2-6-11-21/h1-13,22-24H,14-19H2,(H,29,34)/t22-,23+,24-/m0/s1. The van der Waals surface area contributed by atoms with Crippen molar-refractivity contribution >= 4 is 12.0 Å². The number of amides is 2. The minimum atomic E-state index is -0.738. The van der Waals surface area contributed by atoms with Gasteiger partial charge in [0.1, 0.15) is 12.6 Å². The zero-order valence-corrected chi connectivity index (χ0v) is 19.5. The number of rotatable bonds is 6. The number of pyridine rings is 1. The smallest absolute Gasteiger partial charge is 0.408 e. The summed E-state index contributed by atoms with van der Waals surface area (Å²) in [4.78, 5) is 40.5. The van der Waals surface area contributed by atoms with Crippen molar-refractivity contribution < 1.29 is 14.3 Å². The summed E-state index contributed by atoms with van der Waals surface area (Å²) >= 11 is 0. The molecule has 0 spiro atoms. The van der Waals surface area contributed by atoms with E-state index in [9.17, 15) is 14.4 Å². The molecule has 3 heterocycles. The molecule has 3 atom stereocenters. The summed E-state index contributed by atoms with van der Waals surface area (Å²) in [5.41, 5.74) is 2.84. The first-order chi connectivity index (χ1) is 17.1. The van der Waals surface area contributed by atoms with Crippen LogP contribution in [0.2, 0.25) is 0 Å². The molecule has 7 nitrogen and oxygen atoms in total. The van der Waals surface area contributed by atoms with Gasteiger partial charge >= 0.3 is 6.09 Å². The molecule has 0 unspecified atom stereocenters. The van der Waals surface area contributed by atoms with Gasteiger partial charge in [-0.2, -0.15) is 0 Å². The molecule has 180 valence electrons. The molecule has 3 aromatic rings. The number of hydrogen-bond donors (Lipinski definition) is 1. The zero-order chi connectivity index (χ0) is 24.2. The van der Waals surface area contributed by atoms with Crippen LogP contribution in [0.1, 0.15) is 29.2 Å². The fourth-order valence-electron chi connectivity index (χ4n) is 5.25. The third-order valence-electron chi connectivity index (χ3n) is 6.88. The highest BCUT2D eigenvalue weighted by Gasteiger charge is 2.38. The first-order valence-corrected chi connectivity index (χ1v) is 12.1. The van der Waals surface area contributed by atoms with Gasteiger partial charge in [0.15, 0.2) is 0 Å². The van der Waals surface area contributed by atoms with E-state index in [0.29, 0.717) is 26.1 Å². The van der Waals surface area contributed by atoms with Gasteiger partial charge in [-0.15, -0.1) is 0 Å². The second kappa shape index (κ2) is 10.2. The van der Waals surface area contributed by atoms with Crippen molar-refractivity contribution in [1.29, 1.82) is 0 Å². The molecule has 0 saturated carbocycles. The predicted molar refractivity (Wildman–Crippen MR) is 132 cm³/mol. The maximum atomic E-state index is 13.7. The number of carbonyl (C=O) groups excluding carboxylic acids is 2. The lowest BCUT2D eigenvalue weighted by Crippen LogP contribution is -2.55. The third-order valence-corrected chi connectivity index (χ3v) is 6.88. The monoisotopic (exact) mass is 471 g/mol. The molecule has 2 amide bonds. The number of ether oxygens (including phenoxy) is 1. The molecular weight excluding hydrogens is 442 g/mol. The first kappa shape index (κ1) is 22.9. The van der Waals surface area contributed by atoms with Gasteiger partial charge in [-0.1, -0.05) is 66.7 Å². The number of alkyl carbamates (subject to hydrolysis) is 1. The lowest BCUT2D eigenvalue weighted by Gasteiger charge is -2.43. The summed E-state index contributed by atoms with van der Waals surface area (Å²) in [7, 11) is 0. The molecule has 1 N–H and O–H groups in total. The van der Waals surface area contributed by atoms with E-state index in [4.69, 9.17) is 4.74 Å². The number of nitrogens with zero attached hydrogens (tertiary/aromatic N) is 2. The highest BCUT2D eigenvalue weighted by Crippen LogP contribution is 2.35. The molecule has 1 aromatic heterocycles. The van der Waals surface area contributed by atoms with Crippen LogP contribution in [0.15, 0.2) is 83.7 Å². The summed E-state index contributed by atoms with van der Waals surface area (Å²) in [6.07, 6.45) is 0.725. The lowest BCUT2D eigenvalue weighted by atomic mass is 9.83. The Morgan fingerprint density at radius 2 is 1.60 bits per heavy atom. The van der Waals surface area contributed by atoms with Crippen molar-refractivity contribution in [2.24, 2.45) is 5.92 Å². The predicted octanol–water partition coefficient (Wildman–Crippen LogP) is 3.33. The fourth-order valence-corrected chi connectivity index (χ4v) is 5.25. The lowest BCUT2D eigenvalue weighted by molar-refractivity contribution is -0.136. The van der Waals surface area contributed by atoms with Crippen molar-refractivity contribution in [3.05, 3.63) is 106 Å². The molecule has 0 radical (unpaired) electrons. The minimum Gasteiger partial charge on any atom is -0.445 e. The molecule has 2 aromatic carbocycles. The average molecular weight is 472 g/mol. The maximum absolute atomic E-state index is 13.7. The Bertz CT molecular complexity index is 1240. The van der Waals surface area contributed by atoms with Gasteiger partial charge in [-0.05, 0) is 29.5 Å². The summed E-state index contributed by atoms with van der Waals surface area (Å²) in [5.74, 6) is 0.211. The number of piperidine rings is 1. The Labute approximate surface area is 204 Å². The largest absolute Gasteiger partial charge is 0.445 e. The SMILES string of the molecule is O=C(N[C@@H](Cc1ccccc1)C(=O)N1C[C@@H]2C[C@H](C1)c1cccc(=O)n1C2)OCc1ccccc1. The van der Waals surface area contributed by atoms with E-state index in [1.54, 1.807) is 12.1 Å². The highest BCUT2D eigenvalue weighted by molar-refractivity contribution is 5.86. The average Bonchev–Trinajstić information content (AvgIpc) is 2.88. The van der Waals surface area contributed by atoms with E-state index in [0.717, 1.165) is 23.2 Å². The zero-order valence-electron chi connectivity index (χ0n) is 19.5. The van der Waals surface area contributed by atoms with Crippen molar-refractivity contribution in [1.82, 2.24) is 14.8 Å². The fraction of sp³-hybridized carbons (Fsp3) is 0.321. The molecule has 35 heavy (non-hydrogen) atoms. The summed E-state index contributed by atoms with van der Waals surface area (Å²) < 4.78 is 7.26. The van der Waals surface area contributed by atoms with E-state index in [-0.39, 0.29) is 29.9 Å². The number of carbonyl (C=O) groups is 2. The van der Waals surface area contributed by atoms with Crippen LogP contribution < -0.4 is 10.9 Å². The van der Waals surface area contributed by atoms with Gasteiger partial charge in [0.05, 0.1) is 0 Å². The quantitative estimate of drug-likeness (QED) is 0.598. The Kier molecular flexibility index (Phi) is 6.66. The number of fused-ring (bicyclic) bond motifs is 4. The summed E-state index contributed by atoms with van der Waals surface area (Å²) in [6.45, 7) is 1.86. The van der Waals surface area contributed by atoms with Gasteiger partial charge in [0.25, 0.3) is 5.56 Å². The molecule has 2 aliphatic heterocycles. The maximum Gasteiger partial charge on any atom is 0.408 e. The van der Waals surface area contributed by atoms with E-state index < -0.39 is 12.1 Å². The molecule has 0 aliphatic carbocycles. The molecular formula is C28H29N3O4. The molecule has 7 heteroatoms. The van der Waals surface area contributed by atoms with Crippen molar-refractivity contribution in [3.8, 4) is 0 Å². The van der Waals surface area contributed by atoms with E-state index in [1.165, 1.54) is 0 Å². The molecule has 5 rings (SSSR count). The topological polar surface area (TPSA) is 80.6 Å². The van der Waals surface area contributed by atoms with Crippen LogP contribution in [0.25, 0.3) is 0 Å². The van der Waals surface area contributed by atoms with Crippen LogP contribution in [0.4, 0.5) is 4.79 Å². The van der Waals surface area contributed by atoms with Crippen LogP contribution in [-0.4, -0.2) is 40.6 Å². The van der Waals surface area contributed by atoms with Gasteiger partial charge in [-0.25, -0.2) is 4.79 Å². The molecule has 2 aliphatic rings. The van der Waals surface area contributed by atoms with Crippen LogP contribution in [0.5, 0.6) is 0 Å². The van der Waals surface area contributed by atoms with E-state index in [2.05, 4.69) is 5.32 Å². The van der Waals surface area contributed by atoms with Gasteiger partial charge in [0.2, 0.25) is 5.91 Å². The Morgan fingerprint density at radius 1 is 0.886 bits per heavy atom. The second-order valence-corrected chi connectivity index (χ2v) is 9.39. The molecule has 1 fully saturated rings. The van der Waals surface area contributed by atoms with Crippen molar-refractivity contribution in [2.45, 2.75) is 38.0 Å². The summed E-state index contributed by atoms with van der Waals surface area (Å²) in [5, 5.41) is 2.82. The summed E-state index contributed by atoms with van der Waals surface area (Å²) in [6, 6.07) is 23.7. The normalized spacial score (nSPS) is 19.4. The van der Waals surface area contributed by atoms with E-state index in [1.807, 2.05) is 76.2 Å². The minimum absolute atomic E-state index is 0.0155. The first-order valence-electron chi connectivity index (χ1n) is 12.1. The third kappa shape index (κ3) is 5.29. The second-order valence-electron chi connectivity index (χ2n) is 9.39. The van der Waals surface area contributed by atoms with Crippen molar-refractivity contribution in [3.63, 3.8) is 0 Å². The van der Waals surface area contributed by atoms with Crippen LogP contribution in [0, 0.1) is 5.92 Å². The van der Waals surface area contributed by atoms with E-state index >= 15 is 0 Å². The number of nitrogens with one attached hydrogen (secondary N) is 1. The van der Waals surface area contributed by atoms with Crippen LogP contribution in [-0.2, 0) is 29.1 Å².